The molecule has 1 aliphatic heterocycles. The Bertz CT molecular complexity index is 1480. The van der Waals surface area contributed by atoms with E-state index >= 15 is 0 Å². The third kappa shape index (κ3) is 6.04. The summed E-state index contributed by atoms with van der Waals surface area (Å²) < 4.78 is 19.5. The van der Waals surface area contributed by atoms with E-state index in [9.17, 15) is 9.50 Å². The number of azo groups is 1. The Kier molecular flexibility index (Phi) is 7.71. The van der Waals surface area contributed by atoms with Gasteiger partial charge in [-0.25, -0.2) is 9.37 Å². The number of nitrogens with one attached hydrogen (secondary N) is 1. The highest BCUT2D eigenvalue weighted by Gasteiger charge is 2.17. The third-order valence-electron chi connectivity index (χ3n) is 5.99. The largest absolute Gasteiger partial charge is 0.508 e. The number of anilines is 3. The summed E-state index contributed by atoms with van der Waals surface area (Å²) in [4.78, 5) is 14.3. The Morgan fingerprint density at radius 2 is 1.95 bits per heavy atom. The van der Waals surface area contributed by atoms with E-state index in [-0.39, 0.29) is 24.1 Å². The molecule has 0 saturated carbocycles. The maximum Gasteiger partial charge on any atom is 0.270 e. The molecule has 4 aromatic rings. The van der Waals surface area contributed by atoms with Gasteiger partial charge in [0.15, 0.2) is 11.6 Å². The Labute approximate surface area is 224 Å². The molecule has 2 aromatic carbocycles. The Morgan fingerprint density at radius 1 is 1.11 bits per heavy atom. The lowest BCUT2D eigenvalue weighted by molar-refractivity contribution is 0.122. The molecule has 0 unspecified atom stereocenters. The maximum absolute atomic E-state index is 14.2. The number of pyridine rings is 1. The van der Waals surface area contributed by atoms with E-state index in [1.54, 1.807) is 29.3 Å². The van der Waals surface area contributed by atoms with Crippen molar-refractivity contribution in [2.45, 2.75) is 13.5 Å². The van der Waals surface area contributed by atoms with Gasteiger partial charge in [0.1, 0.15) is 12.3 Å². The minimum atomic E-state index is -0.508. The topological polar surface area (TPSA) is 108 Å². The number of phenolic OH excluding ortho intramolecular Hbond substituents is 1. The van der Waals surface area contributed by atoms with Crippen LogP contribution in [0.1, 0.15) is 11.3 Å². The number of hydrogen-bond donors (Lipinski definition) is 2. The molecule has 38 heavy (non-hydrogen) atoms. The summed E-state index contributed by atoms with van der Waals surface area (Å²) in [6.45, 7) is 4.30. The molecule has 2 N–H and O–H groups in total. The van der Waals surface area contributed by atoms with Crippen molar-refractivity contribution in [1.82, 2.24) is 15.0 Å². The molecule has 9 nitrogen and oxygen atoms in total. The van der Waals surface area contributed by atoms with Crippen LogP contribution in [0.3, 0.4) is 0 Å². The number of aromatic hydroxyl groups is 1. The fourth-order valence-corrected chi connectivity index (χ4v) is 4.33. The van der Waals surface area contributed by atoms with Crippen molar-refractivity contribution in [2.24, 2.45) is 10.2 Å². The summed E-state index contributed by atoms with van der Waals surface area (Å²) in [5.41, 5.74) is 5.12. The van der Waals surface area contributed by atoms with Crippen molar-refractivity contribution in [2.75, 3.05) is 36.5 Å². The van der Waals surface area contributed by atoms with E-state index in [4.69, 9.17) is 16.3 Å². The lowest BCUT2D eigenvalue weighted by atomic mass is 10.00. The lowest BCUT2D eigenvalue weighted by Gasteiger charge is -2.27. The zero-order valence-corrected chi connectivity index (χ0v) is 21.4. The molecule has 11 heteroatoms. The highest BCUT2D eigenvalue weighted by atomic mass is 35.5. The van der Waals surface area contributed by atoms with Crippen LogP contribution in [0.25, 0.3) is 11.1 Å². The average molecular weight is 534 g/mol. The first-order valence-electron chi connectivity index (χ1n) is 12.0. The van der Waals surface area contributed by atoms with Gasteiger partial charge in [0, 0.05) is 18.8 Å². The van der Waals surface area contributed by atoms with Crippen LogP contribution in [0.5, 0.6) is 5.75 Å². The highest BCUT2D eigenvalue weighted by molar-refractivity contribution is 6.33. The van der Waals surface area contributed by atoms with Crippen molar-refractivity contribution in [3.8, 4) is 16.9 Å². The van der Waals surface area contributed by atoms with Crippen molar-refractivity contribution in [1.29, 1.82) is 0 Å². The van der Waals surface area contributed by atoms with Gasteiger partial charge >= 0.3 is 0 Å². The molecule has 5 rings (SSSR count). The molecular formula is C27H25ClFN7O2. The Balaban J connectivity index is 1.24. The van der Waals surface area contributed by atoms with Crippen LogP contribution in [0.15, 0.2) is 71.2 Å². The van der Waals surface area contributed by atoms with Crippen LogP contribution < -0.4 is 10.2 Å². The first-order chi connectivity index (χ1) is 18.5. The first-order valence-corrected chi connectivity index (χ1v) is 12.4. The Morgan fingerprint density at radius 3 is 2.71 bits per heavy atom. The summed E-state index contributed by atoms with van der Waals surface area (Å²) in [5, 5.41) is 21.7. The van der Waals surface area contributed by atoms with E-state index in [0.717, 1.165) is 28.6 Å². The summed E-state index contributed by atoms with van der Waals surface area (Å²) in [5.74, 6) is -0.0167. The van der Waals surface area contributed by atoms with E-state index in [1.807, 2.05) is 37.3 Å². The van der Waals surface area contributed by atoms with Crippen LogP contribution >= 0.6 is 11.6 Å². The molecule has 0 atom stereocenters. The fraction of sp³-hybridized carbons (Fsp3) is 0.222. The van der Waals surface area contributed by atoms with E-state index < -0.39 is 5.82 Å². The summed E-state index contributed by atoms with van der Waals surface area (Å²) in [6, 6.07) is 14.8. The van der Waals surface area contributed by atoms with Gasteiger partial charge in [-0.3, -0.25) is 4.98 Å². The molecule has 2 aromatic heterocycles. The molecule has 1 aliphatic rings. The lowest BCUT2D eigenvalue weighted by Crippen LogP contribution is -2.37. The molecule has 0 bridgehead atoms. The predicted molar refractivity (Wildman–Crippen MR) is 144 cm³/mol. The number of morpholine rings is 1. The molecule has 0 radical (unpaired) electrons. The highest BCUT2D eigenvalue weighted by Crippen LogP contribution is 2.31. The monoisotopic (exact) mass is 533 g/mol. The molecular weight excluding hydrogens is 509 g/mol. The second-order valence-electron chi connectivity index (χ2n) is 8.70. The number of phenols is 1. The van der Waals surface area contributed by atoms with Crippen molar-refractivity contribution >= 4 is 34.7 Å². The standard InChI is InChI=1S/C27H25ClFN7O2/c1-17-11-19(5-6-22(17)18-3-2-4-21(37)12-18)33-25-16-30-20(13-23(25)28)14-32-35-27-31-15-24(29)26(34-27)36-7-9-38-10-8-36/h2-6,11-13,15-16,33,37H,7-10,14H2,1H3. The van der Waals surface area contributed by atoms with Crippen molar-refractivity contribution in [3.63, 3.8) is 0 Å². The number of ether oxygens (including phenoxy) is 1. The summed E-state index contributed by atoms with van der Waals surface area (Å²) in [6.07, 6.45) is 2.73. The summed E-state index contributed by atoms with van der Waals surface area (Å²) >= 11 is 6.50. The van der Waals surface area contributed by atoms with Crippen LogP contribution in [0.4, 0.5) is 27.5 Å². The van der Waals surface area contributed by atoms with E-state index in [1.165, 1.54) is 0 Å². The second-order valence-corrected chi connectivity index (χ2v) is 9.11. The first kappa shape index (κ1) is 25.5. The molecule has 194 valence electrons. The van der Waals surface area contributed by atoms with Crippen LogP contribution in [-0.2, 0) is 11.3 Å². The van der Waals surface area contributed by atoms with Crippen LogP contribution in [0, 0.1) is 12.7 Å². The number of hydrogen-bond acceptors (Lipinski definition) is 9. The third-order valence-corrected chi connectivity index (χ3v) is 6.30. The van der Waals surface area contributed by atoms with Gasteiger partial charge in [-0.15, -0.1) is 5.11 Å². The summed E-state index contributed by atoms with van der Waals surface area (Å²) in [7, 11) is 0. The van der Waals surface area contributed by atoms with E-state index in [0.29, 0.717) is 42.7 Å². The second kappa shape index (κ2) is 11.5. The molecule has 3 heterocycles. The number of aryl methyl sites for hydroxylation is 1. The Hall–Kier alpha value is -4.15. The maximum atomic E-state index is 14.2. The quantitative estimate of drug-likeness (QED) is 0.272. The van der Waals surface area contributed by atoms with Gasteiger partial charge in [0.05, 0.1) is 42.0 Å². The zero-order chi connectivity index (χ0) is 26.5. The number of benzene rings is 2. The van der Waals surface area contributed by atoms with Gasteiger partial charge in [-0.1, -0.05) is 29.8 Å². The van der Waals surface area contributed by atoms with E-state index in [2.05, 4.69) is 30.5 Å². The minimum absolute atomic E-state index is 0.0711. The molecule has 0 amide bonds. The molecule has 1 saturated heterocycles. The smallest absolute Gasteiger partial charge is 0.270 e. The van der Waals surface area contributed by atoms with Crippen LogP contribution in [-0.4, -0.2) is 46.4 Å². The molecule has 0 spiro atoms. The zero-order valence-electron chi connectivity index (χ0n) is 20.6. The van der Waals surface area contributed by atoms with Gasteiger partial charge in [0.25, 0.3) is 5.95 Å². The number of nitrogens with zero attached hydrogens (tertiary/aromatic N) is 6. The minimum Gasteiger partial charge on any atom is -0.508 e. The van der Waals surface area contributed by atoms with Gasteiger partial charge < -0.3 is 20.1 Å². The van der Waals surface area contributed by atoms with Gasteiger partial charge in [0.2, 0.25) is 0 Å². The van der Waals surface area contributed by atoms with Crippen molar-refractivity contribution < 1.29 is 14.2 Å². The van der Waals surface area contributed by atoms with Gasteiger partial charge in [-0.05, 0) is 53.9 Å². The number of aromatic nitrogens is 3. The molecule has 0 aliphatic carbocycles. The normalized spacial score (nSPS) is 13.7. The number of halogens is 2. The molecule has 1 fully saturated rings. The predicted octanol–water partition coefficient (Wildman–Crippen LogP) is 6.21. The number of rotatable bonds is 7. The average Bonchev–Trinajstić information content (AvgIpc) is 2.92. The van der Waals surface area contributed by atoms with Gasteiger partial charge in [-0.2, -0.15) is 10.1 Å². The van der Waals surface area contributed by atoms with Crippen LogP contribution in [0.2, 0.25) is 5.02 Å². The van der Waals surface area contributed by atoms with Crippen molar-refractivity contribution in [3.05, 3.63) is 83.0 Å². The fourth-order valence-electron chi connectivity index (χ4n) is 4.11. The SMILES string of the molecule is Cc1cc(Nc2cnc(CN=Nc3ncc(F)c(N4CCOCC4)n3)cc2Cl)ccc1-c1cccc(O)c1.